The molecule has 1 atom stereocenters. The van der Waals surface area contributed by atoms with Gasteiger partial charge in [-0.25, -0.2) is 4.79 Å². The van der Waals surface area contributed by atoms with E-state index in [2.05, 4.69) is 13.0 Å². The number of likely N-dealkylation sites (N-methyl/N-ethyl adjacent to an activating group) is 1. The van der Waals surface area contributed by atoms with Crippen LogP contribution in [0.2, 0.25) is 0 Å². The van der Waals surface area contributed by atoms with Crippen LogP contribution in [0.1, 0.15) is 53.4 Å². The maximum Gasteiger partial charge on any atom is 0.325 e. The van der Waals surface area contributed by atoms with Crippen molar-refractivity contribution in [2.45, 2.75) is 44.7 Å². The van der Waals surface area contributed by atoms with Gasteiger partial charge in [-0.05, 0) is 42.8 Å². The zero-order chi connectivity index (χ0) is 23.3. The molecule has 0 aliphatic carbocycles. The highest BCUT2D eigenvalue weighted by molar-refractivity contribution is 7.12. The minimum absolute atomic E-state index is 0.0101. The fourth-order valence-electron chi connectivity index (χ4n) is 5.79. The number of phenolic OH excluding ortho intramolecular Hbond substituents is 1. The fourth-order valence-corrected chi connectivity index (χ4v) is 6.49. The van der Waals surface area contributed by atoms with Gasteiger partial charge in [-0.15, -0.1) is 11.3 Å². The van der Waals surface area contributed by atoms with Gasteiger partial charge in [0, 0.05) is 42.9 Å². The maximum absolute atomic E-state index is 13.6. The van der Waals surface area contributed by atoms with Crippen LogP contribution in [0.4, 0.5) is 4.79 Å². The number of carbonyl (C=O) groups excluding carboxylic acids is 2. The molecule has 2 fully saturated rings. The number of fused-ring (bicyclic) bond motifs is 3. The normalized spacial score (nSPS) is 21.5. The van der Waals surface area contributed by atoms with Crippen molar-refractivity contribution >= 4 is 23.3 Å². The van der Waals surface area contributed by atoms with Gasteiger partial charge in [-0.1, -0.05) is 19.1 Å². The van der Waals surface area contributed by atoms with Crippen molar-refractivity contribution in [3.63, 3.8) is 0 Å². The van der Waals surface area contributed by atoms with Crippen LogP contribution in [0.5, 0.6) is 11.5 Å². The average Bonchev–Trinajstić information content (AvgIpc) is 3.37. The molecule has 2 saturated heterocycles. The summed E-state index contributed by atoms with van der Waals surface area (Å²) >= 11 is 1.47. The second kappa shape index (κ2) is 8.09. The molecule has 7 nitrogen and oxygen atoms in total. The smallest absolute Gasteiger partial charge is 0.325 e. The molecule has 4 heterocycles. The molecule has 0 radical (unpaired) electrons. The fraction of sp³-hybridized carbons (Fsp3) is 0.440. The minimum Gasteiger partial charge on any atom is -0.508 e. The van der Waals surface area contributed by atoms with Crippen LogP contribution in [0.25, 0.3) is 0 Å². The van der Waals surface area contributed by atoms with E-state index in [4.69, 9.17) is 4.74 Å². The number of methoxy groups -OCH3 is 1. The van der Waals surface area contributed by atoms with Crippen molar-refractivity contribution < 1.29 is 19.4 Å². The Kier molecular flexibility index (Phi) is 5.35. The van der Waals surface area contributed by atoms with Crippen molar-refractivity contribution in [1.29, 1.82) is 0 Å². The van der Waals surface area contributed by atoms with Gasteiger partial charge in [0.05, 0.1) is 24.1 Å². The third kappa shape index (κ3) is 3.30. The van der Waals surface area contributed by atoms with Crippen LogP contribution in [0.3, 0.4) is 0 Å². The summed E-state index contributed by atoms with van der Waals surface area (Å²) in [5.74, 6) is 0.860. The van der Waals surface area contributed by atoms with E-state index in [-0.39, 0.29) is 23.6 Å². The van der Waals surface area contributed by atoms with Gasteiger partial charge in [0.15, 0.2) is 0 Å². The molecule has 1 unspecified atom stereocenters. The number of piperidine rings is 1. The van der Waals surface area contributed by atoms with Gasteiger partial charge >= 0.3 is 6.03 Å². The number of hydrogen-bond donors (Lipinski definition) is 1. The monoisotopic (exact) mass is 467 g/mol. The SMILES string of the molecule is CCN1C(=O)N2Cc3cc(O)cc(OC)c3C(C)C=C2C12CCN(C(=O)c1cccs1)CC2. The molecular weight excluding hydrogens is 438 g/mol. The lowest BCUT2D eigenvalue weighted by Gasteiger charge is -2.44. The van der Waals surface area contributed by atoms with E-state index in [1.54, 1.807) is 19.2 Å². The maximum atomic E-state index is 13.6. The summed E-state index contributed by atoms with van der Waals surface area (Å²) in [6.07, 6.45) is 3.60. The molecule has 3 aliphatic rings. The molecule has 174 valence electrons. The number of carbonyl (C=O) groups is 2. The Labute approximate surface area is 197 Å². The Morgan fingerprint density at radius 3 is 2.70 bits per heavy atom. The molecule has 0 bridgehead atoms. The van der Waals surface area contributed by atoms with Crippen LogP contribution in [0, 0.1) is 0 Å². The first-order valence-electron chi connectivity index (χ1n) is 11.4. The summed E-state index contributed by atoms with van der Waals surface area (Å²) in [7, 11) is 1.60. The van der Waals surface area contributed by atoms with Crippen molar-refractivity contribution in [2.75, 3.05) is 26.7 Å². The predicted octanol–water partition coefficient (Wildman–Crippen LogP) is 4.40. The summed E-state index contributed by atoms with van der Waals surface area (Å²) in [5.41, 5.74) is 2.50. The molecule has 3 aliphatic heterocycles. The third-order valence-corrected chi connectivity index (χ3v) is 8.15. The highest BCUT2D eigenvalue weighted by atomic mass is 32.1. The number of amides is 3. The number of likely N-dealkylation sites (tertiary alicyclic amines) is 1. The lowest BCUT2D eigenvalue weighted by atomic mass is 9.82. The van der Waals surface area contributed by atoms with Gasteiger partial charge in [0.2, 0.25) is 0 Å². The molecule has 3 amide bonds. The van der Waals surface area contributed by atoms with Crippen LogP contribution >= 0.6 is 11.3 Å². The van der Waals surface area contributed by atoms with Crippen molar-refractivity contribution in [2.24, 2.45) is 0 Å². The number of rotatable bonds is 3. The third-order valence-electron chi connectivity index (χ3n) is 7.30. The number of nitrogens with zero attached hydrogens (tertiary/aromatic N) is 3. The number of ether oxygens (including phenoxy) is 1. The van der Waals surface area contributed by atoms with Gasteiger partial charge in [-0.2, -0.15) is 0 Å². The second-order valence-electron chi connectivity index (χ2n) is 8.98. The van der Waals surface area contributed by atoms with E-state index in [1.165, 1.54) is 11.3 Å². The molecule has 1 spiro atoms. The molecule has 1 N–H and O–H groups in total. The van der Waals surface area contributed by atoms with E-state index in [1.807, 2.05) is 39.1 Å². The lowest BCUT2D eigenvalue weighted by Crippen LogP contribution is -2.54. The summed E-state index contributed by atoms with van der Waals surface area (Å²) < 4.78 is 5.58. The van der Waals surface area contributed by atoms with Crippen LogP contribution < -0.4 is 4.74 Å². The quantitative estimate of drug-likeness (QED) is 0.726. The molecule has 8 heteroatoms. The Balaban J connectivity index is 1.51. The molecule has 33 heavy (non-hydrogen) atoms. The average molecular weight is 468 g/mol. The summed E-state index contributed by atoms with van der Waals surface area (Å²) in [6.45, 7) is 6.34. The molecule has 0 saturated carbocycles. The van der Waals surface area contributed by atoms with E-state index in [0.29, 0.717) is 44.8 Å². The first-order valence-corrected chi connectivity index (χ1v) is 12.3. The minimum atomic E-state index is -0.427. The van der Waals surface area contributed by atoms with E-state index in [9.17, 15) is 14.7 Å². The number of phenols is 1. The molecule has 5 rings (SSSR count). The summed E-state index contributed by atoms with van der Waals surface area (Å²) in [4.78, 5) is 33.0. The highest BCUT2D eigenvalue weighted by Crippen LogP contribution is 2.49. The van der Waals surface area contributed by atoms with Crippen molar-refractivity contribution in [1.82, 2.24) is 14.7 Å². The summed E-state index contributed by atoms with van der Waals surface area (Å²) in [5, 5.41) is 12.2. The summed E-state index contributed by atoms with van der Waals surface area (Å²) in [6, 6.07) is 7.13. The standard InChI is InChI=1S/C25H29N3O4S/c1-4-28-24(31)27-15-17-13-18(29)14-19(32-3)22(17)16(2)12-21(27)25(28)7-9-26(10-8-25)23(30)20-6-5-11-33-20/h5-6,11-14,16,29H,4,7-10,15H2,1-3H3. The van der Waals surface area contributed by atoms with Crippen molar-refractivity contribution in [3.8, 4) is 11.5 Å². The largest absolute Gasteiger partial charge is 0.508 e. The number of hydrogen-bond acceptors (Lipinski definition) is 5. The van der Waals surface area contributed by atoms with Gasteiger partial charge in [0.1, 0.15) is 11.5 Å². The Hall–Kier alpha value is -3.00. The number of allylic oxidation sites excluding steroid dienone is 1. The van der Waals surface area contributed by atoms with Gasteiger partial charge in [0.25, 0.3) is 5.91 Å². The second-order valence-corrected chi connectivity index (χ2v) is 9.92. The van der Waals surface area contributed by atoms with Crippen LogP contribution in [-0.4, -0.2) is 64.0 Å². The zero-order valence-corrected chi connectivity index (χ0v) is 20.0. The highest BCUT2D eigenvalue weighted by Gasteiger charge is 2.55. The van der Waals surface area contributed by atoms with Gasteiger partial charge < -0.3 is 19.6 Å². The van der Waals surface area contributed by atoms with Gasteiger partial charge in [-0.3, -0.25) is 9.69 Å². The topological polar surface area (TPSA) is 73.3 Å². The van der Waals surface area contributed by atoms with E-state index < -0.39 is 5.54 Å². The van der Waals surface area contributed by atoms with Crippen molar-refractivity contribution in [3.05, 3.63) is 57.4 Å². The molecule has 1 aromatic heterocycles. The Bertz CT molecular complexity index is 1120. The lowest BCUT2D eigenvalue weighted by molar-refractivity contribution is 0.0580. The van der Waals surface area contributed by atoms with Crippen LogP contribution in [0.15, 0.2) is 41.4 Å². The molecular formula is C25H29N3O4S. The number of thiophene rings is 1. The van der Waals surface area contributed by atoms with Crippen LogP contribution in [-0.2, 0) is 6.54 Å². The number of aromatic hydroxyl groups is 1. The predicted molar refractivity (Wildman–Crippen MR) is 127 cm³/mol. The van der Waals surface area contributed by atoms with E-state index >= 15 is 0 Å². The zero-order valence-electron chi connectivity index (χ0n) is 19.2. The number of urea groups is 1. The molecule has 1 aromatic carbocycles. The number of benzene rings is 1. The Morgan fingerprint density at radius 2 is 2.06 bits per heavy atom. The Morgan fingerprint density at radius 1 is 1.30 bits per heavy atom. The van der Waals surface area contributed by atoms with E-state index in [0.717, 1.165) is 21.7 Å². The first kappa shape index (κ1) is 21.8. The molecule has 2 aromatic rings. The first-order chi connectivity index (χ1) is 15.9.